The number of benzene rings is 1. The fourth-order valence-electron chi connectivity index (χ4n) is 1.24. The summed E-state index contributed by atoms with van der Waals surface area (Å²) in [6, 6.07) is 6.84. The number of carbonyl (C=O) groups is 1. The predicted octanol–water partition coefficient (Wildman–Crippen LogP) is 2.51. The largest absolute Gasteiger partial charge is 0.405 e. The third-order valence-electron chi connectivity index (χ3n) is 2.22. The van der Waals surface area contributed by atoms with E-state index >= 15 is 0 Å². The van der Waals surface area contributed by atoms with Gasteiger partial charge in [0.15, 0.2) is 0 Å². The van der Waals surface area contributed by atoms with Crippen LogP contribution in [0.25, 0.3) is 0 Å². The zero-order valence-electron chi connectivity index (χ0n) is 10.2. The van der Waals surface area contributed by atoms with E-state index in [-0.39, 0.29) is 5.75 Å². The van der Waals surface area contributed by atoms with Gasteiger partial charge in [-0.3, -0.25) is 4.79 Å². The third-order valence-corrected chi connectivity index (χ3v) is 3.23. The van der Waals surface area contributed by atoms with Crippen molar-refractivity contribution in [3.05, 3.63) is 29.8 Å². The maximum absolute atomic E-state index is 11.9. The fraction of sp³-hybridized carbons (Fsp3) is 0.417. The van der Waals surface area contributed by atoms with E-state index in [0.29, 0.717) is 0 Å². The zero-order chi connectivity index (χ0) is 14.5. The first-order valence-electron chi connectivity index (χ1n) is 5.52. The Morgan fingerprint density at radius 1 is 1.37 bits per heavy atom. The molecular weight excluding hydrogens is 279 g/mol. The number of thioether (sulfide) groups is 1. The van der Waals surface area contributed by atoms with Crippen molar-refractivity contribution in [3.63, 3.8) is 0 Å². The smallest absolute Gasteiger partial charge is 0.389 e. The summed E-state index contributed by atoms with van der Waals surface area (Å²) in [5, 5.41) is 11.1. The quantitative estimate of drug-likeness (QED) is 0.820. The summed E-state index contributed by atoms with van der Waals surface area (Å²) in [5.74, 6) is -0.744. The molecule has 0 heterocycles. The van der Waals surface area contributed by atoms with Crippen LogP contribution in [0, 0.1) is 0 Å². The maximum atomic E-state index is 11.9. The molecule has 0 aliphatic carbocycles. The van der Waals surface area contributed by atoms with Crippen LogP contribution >= 0.6 is 11.8 Å². The van der Waals surface area contributed by atoms with Crippen molar-refractivity contribution in [2.24, 2.45) is 0 Å². The summed E-state index contributed by atoms with van der Waals surface area (Å²) in [6.07, 6.45) is -4.96. The minimum absolute atomic E-state index is 0.0793. The number of halogens is 3. The first kappa shape index (κ1) is 15.8. The highest BCUT2D eigenvalue weighted by Crippen LogP contribution is 2.21. The van der Waals surface area contributed by atoms with E-state index in [4.69, 9.17) is 0 Å². The Kier molecular flexibility index (Phi) is 5.68. The number of alkyl halides is 3. The second kappa shape index (κ2) is 6.81. The molecule has 1 atom stereocenters. The number of hydrogen-bond acceptors (Lipinski definition) is 3. The van der Waals surface area contributed by atoms with Crippen LogP contribution in [0.4, 0.5) is 13.2 Å². The van der Waals surface area contributed by atoms with Crippen LogP contribution in [0.2, 0.25) is 0 Å². The van der Waals surface area contributed by atoms with Crippen LogP contribution in [-0.4, -0.2) is 29.5 Å². The van der Waals surface area contributed by atoms with Gasteiger partial charge in [-0.15, -0.1) is 11.8 Å². The summed E-state index contributed by atoms with van der Waals surface area (Å²) >= 11 is 1.14. The molecule has 0 saturated heterocycles. The Morgan fingerprint density at radius 2 is 1.95 bits per heavy atom. The molecule has 1 aromatic rings. The molecule has 1 rings (SSSR count). The van der Waals surface area contributed by atoms with Gasteiger partial charge < -0.3 is 10.4 Å². The van der Waals surface area contributed by atoms with Gasteiger partial charge in [-0.05, 0) is 24.6 Å². The molecule has 2 N–H and O–H groups in total. The van der Waals surface area contributed by atoms with Crippen molar-refractivity contribution in [1.82, 2.24) is 5.32 Å². The molecule has 19 heavy (non-hydrogen) atoms. The van der Waals surface area contributed by atoms with Crippen molar-refractivity contribution in [2.75, 3.05) is 12.3 Å². The van der Waals surface area contributed by atoms with Gasteiger partial charge in [0.25, 0.3) is 0 Å². The predicted molar refractivity (Wildman–Crippen MR) is 66.9 cm³/mol. The molecule has 1 aromatic carbocycles. The number of amides is 1. The Hall–Kier alpha value is -1.21. The van der Waals surface area contributed by atoms with Crippen LogP contribution in [0.1, 0.15) is 18.6 Å². The summed E-state index contributed by atoms with van der Waals surface area (Å²) in [7, 11) is 0. The molecule has 0 fully saturated rings. The second-order valence-electron chi connectivity index (χ2n) is 3.93. The van der Waals surface area contributed by atoms with E-state index in [9.17, 15) is 23.1 Å². The summed E-state index contributed by atoms with van der Waals surface area (Å²) in [5.41, 5.74) is 0.742. The highest BCUT2D eigenvalue weighted by atomic mass is 32.2. The van der Waals surface area contributed by atoms with Gasteiger partial charge in [0, 0.05) is 4.90 Å². The molecule has 3 nitrogen and oxygen atoms in total. The molecule has 1 unspecified atom stereocenters. The van der Waals surface area contributed by atoms with Crippen LogP contribution in [-0.2, 0) is 4.79 Å². The third kappa shape index (κ3) is 6.49. The summed E-state index contributed by atoms with van der Waals surface area (Å²) in [4.78, 5) is 11.9. The lowest BCUT2D eigenvalue weighted by molar-refractivity contribution is -0.136. The van der Waals surface area contributed by atoms with E-state index in [2.05, 4.69) is 0 Å². The molecule has 0 aliphatic heterocycles. The van der Waals surface area contributed by atoms with Gasteiger partial charge in [0.2, 0.25) is 5.91 Å². The van der Waals surface area contributed by atoms with Crippen molar-refractivity contribution in [2.45, 2.75) is 24.1 Å². The molecule has 0 bridgehead atoms. The van der Waals surface area contributed by atoms with Gasteiger partial charge >= 0.3 is 6.18 Å². The van der Waals surface area contributed by atoms with Crippen molar-refractivity contribution >= 4 is 17.7 Å². The number of carbonyl (C=O) groups excluding carboxylic acids is 1. The number of aliphatic hydroxyl groups excluding tert-OH is 1. The zero-order valence-corrected chi connectivity index (χ0v) is 11.0. The normalized spacial score (nSPS) is 13.1. The van der Waals surface area contributed by atoms with Crippen molar-refractivity contribution < 1.29 is 23.1 Å². The summed E-state index contributed by atoms with van der Waals surface area (Å²) < 4.78 is 35.6. The van der Waals surface area contributed by atoms with Crippen molar-refractivity contribution in [3.8, 4) is 0 Å². The minimum Gasteiger partial charge on any atom is -0.389 e. The number of rotatable bonds is 5. The van der Waals surface area contributed by atoms with E-state index in [1.54, 1.807) is 36.5 Å². The first-order valence-corrected chi connectivity index (χ1v) is 6.51. The first-order chi connectivity index (χ1) is 8.78. The van der Waals surface area contributed by atoms with Crippen LogP contribution < -0.4 is 5.32 Å². The molecule has 106 valence electrons. The average Bonchev–Trinajstić information content (AvgIpc) is 2.33. The molecule has 1 amide bonds. The Labute approximate surface area is 113 Å². The fourth-order valence-corrected chi connectivity index (χ4v) is 1.97. The second-order valence-corrected chi connectivity index (χ2v) is 4.97. The van der Waals surface area contributed by atoms with E-state index < -0.39 is 24.7 Å². The minimum atomic E-state index is -4.39. The van der Waals surface area contributed by atoms with Crippen LogP contribution in [0.15, 0.2) is 29.2 Å². The number of hydrogen-bond donors (Lipinski definition) is 2. The van der Waals surface area contributed by atoms with Crippen LogP contribution in [0.5, 0.6) is 0 Å². The standard InChI is InChI=1S/C12H14F3NO2S/c1-8(17)9-2-4-10(5-3-9)19-6-11(18)16-7-12(13,14)15/h2-5,8,17H,6-7H2,1H3,(H,16,18). The van der Waals surface area contributed by atoms with Crippen LogP contribution in [0.3, 0.4) is 0 Å². The Morgan fingerprint density at radius 3 is 2.42 bits per heavy atom. The average molecular weight is 293 g/mol. The number of aliphatic hydroxyl groups is 1. The lowest BCUT2D eigenvalue weighted by atomic mass is 10.1. The van der Waals surface area contributed by atoms with E-state index in [1.165, 1.54) is 0 Å². The van der Waals surface area contributed by atoms with Crippen molar-refractivity contribution in [1.29, 1.82) is 0 Å². The van der Waals surface area contributed by atoms with Gasteiger partial charge in [0.1, 0.15) is 6.54 Å². The van der Waals surface area contributed by atoms with E-state index in [1.807, 2.05) is 0 Å². The molecule has 7 heteroatoms. The number of nitrogens with one attached hydrogen (secondary N) is 1. The summed E-state index contributed by atoms with van der Waals surface area (Å²) in [6.45, 7) is 0.320. The lowest BCUT2D eigenvalue weighted by Gasteiger charge is -2.08. The SMILES string of the molecule is CC(O)c1ccc(SCC(=O)NCC(F)(F)F)cc1. The molecular formula is C12H14F3NO2S. The van der Waals surface area contributed by atoms with Gasteiger partial charge in [0.05, 0.1) is 11.9 Å². The molecule has 0 spiro atoms. The molecule has 0 aliphatic rings. The Bertz CT molecular complexity index is 418. The highest BCUT2D eigenvalue weighted by Gasteiger charge is 2.27. The Balaban J connectivity index is 2.38. The molecule has 0 aromatic heterocycles. The lowest BCUT2D eigenvalue weighted by Crippen LogP contribution is -2.34. The van der Waals surface area contributed by atoms with E-state index in [0.717, 1.165) is 22.2 Å². The topological polar surface area (TPSA) is 49.3 Å². The molecule has 0 saturated carbocycles. The highest BCUT2D eigenvalue weighted by molar-refractivity contribution is 8.00. The molecule has 0 radical (unpaired) electrons. The van der Waals surface area contributed by atoms with Gasteiger partial charge in [-0.1, -0.05) is 12.1 Å². The monoisotopic (exact) mass is 293 g/mol. The van der Waals surface area contributed by atoms with Gasteiger partial charge in [-0.25, -0.2) is 0 Å². The maximum Gasteiger partial charge on any atom is 0.405 e. The van der Waals surface area contributed by atoms with Gasteiger partial charge in [-0.2, -0.15) is 13.2 Å².